The summed E-state index contributed by atoms with van der Waals surface area (Å²) in [4.78, 5) is 43.1. The van der Waals surface area contributed by atoms with Crippen LogP contribution in [0.2, 0.25) is 0 Å². The van der Waals surface area contributed by atoms with Crippen LogP contribution in [0.25, 0.3) is 33.6 Å². The van der Waals surface area contributed by atoms with Crippen LogP contribution in [-0.2, 0) is 4.79 Å². The molecule has 2 saturated heterocycles. The van der Waals surface area contributed by atoms with E-state index in [2.05, 4.69) is 91.6 Å². The second kappa shape index (κ2) is 12.9. The number of likely N-dealkylation sites (tertiary alicyclic amines) is 1. The molecule has 0 saturated carbocycles. The topological polar surface area (TPSA) is 119 Å². The Morgan fingerprint density at radius 3 is 1.85 bits per heavy atom. The van der Waals surface area contributed by atoms with Crippen molar-refractivity contribution in [2.24, 2.45) is 5.92 Å². The van der Waals surface area contributed by atoms with Crippen molar-refractivity contribution in [3.63, 3.8) is 0 Å². The van der Waals surface area contributed by atoms with E-state index in [0.717, 1.165) is 71.1 Å². The van der Waals surface area contributed by atoms with Crippen molar-refractivity contribution in [1.82, 2.24) is 39.6 Å². The average molecular weight is 614 g/mol. The molecular formula is C35H40BN9O. The fourth-order valence-corrected chi connectivity index (χ4v) is 6.77. The van der Waals surface area contributed by atoms with Gasteiger partial charge in [0.15, 0.2) is 7.98 Å². The van der Waals surface area contributed by atoms with Crippen LogP contribution in [0.4, 0.5) is 5.95 Å². The number of hydrogen-bond donors (Lipinski definition) is 3. The first-order valence-corrected chi connectivity index (χ1v) is 16.3. The van der Waals surface area contributed by atoms with Crippen molar-refractivity contribution >= 4 is 19.8 Å². The Morgan fingerprint density at radius 2 is 1.30 bits per heavy atom. The van der Waals surface area contributed by atoms with Crippen LogP contribution in [0.5, 0.6) is 0 Å². The Morgan fingerprint density at radius 1 is 0.783 bits per heavy atom. The van der Waals surface area contributed by atoms with Gasteiger partial charge in [-0.05, 0) is 66.5 Å². The average Bonchev–Trinajstić information content (AvgIpc) is 3.91. The molecular weight excluding hydrogens is 573 g/mol. The first-order valence-electron chi connectivity index (χ1n) is 16.3. The second-order valence-electron chi connectivity index (χ2n) is 12.8. The monoisotopic (exact) mass is 613 g/mol. The number of carbonyl (C=O) groups excluding carboxylic acids is 1. The van der Waals surface area contributed by atoms with Crippen LogP contribution < -0.4 is 5.32 Å². The Hall–Kier alpha value is -4.77. The maximum absolute atomic E-state index is 13.8. The molecule has 1 amide bonds. The maximum atomic E-state index is 13.8. The highest BCUT2D eigenvalue weighted by molar-refractivity contribution is 6.04. The van der Waals surface area contributed by atoms with E-state index in [1.165, 1.54) is 6.42 Å². The second-order valence-corrected chi connectivity index (χ2v) is 12.8. The summed E-state index contributed by atoms with van der Waals surface area (Å²) in [5.41, 5.74) is 6.49. The highest BCUT2D eigenvalue weighted by Crippen LogP contribution is 2.34. The number of benzene rings is 2. The number of hydrogen-bond acceptors (Lipinski definition) is 7. The fourth-order valence-electron chi connectivity index (χ4n) is 6.77. The largest absolute Gasteiger partial charge is 0.342 e. The molecule has 10 nitrogen and oxygen atoms in total. The van der Waals surface area contributed by atoms with Crippen molar-refractivity contribution < 1.29 is 4.79 Å². The van der Waals surface area contributed by atoms with Crippen molar-refractivity contribution in [3.05, 3.63) is 91.0 Å². The van der Waals surface area contributed by atoms with E-state index in [9.17, 15) is 4.79 Å². The van der Waals surface area contributed by atoms with E-state index >= 15 is 0 Å². The van der Waals surface area contributed by atoms with Gasteiger partial charge in [0, 0.05) is 18.9 Å². The van der Waals surface area contributed by atoms with Gasteiger partial charge in [-0.3, -0.25) is 4.79 Å². The molecule has 46 heavy (non-hydrogen) atoms. The quantitative estimate of drug-likeness (QED) is 0.190. The van der Waals surface area contributed by atoms with E-state index in [1.54, 1.807) is 18.5 Å². The van der Waals surface area contributed by atoms with E-state index in [0.29, 0.717) is 18.5 Å². The zero-order chi connectivity index (χ0) is 31.6. The lowest BCUT2D eigenvalue weighted by atomic mass is 10.0. The van der Waals surface area contributed by atoms with E-state index in [-0.39, 0.29) is 17.9 Å². The predicted octanol–water partition coefficient (Wildman–Crippen LogP) is 5.41. The number of imidazole rings is 2. The number of aromatic amines is 2. The highest BCUT2D eigenvalue weighted by atomic mass is 16.2. The minimum atomic E-state index is -0.421. The highest BCUT2D eigenvalue weighted by Gasteiger charge is 2.37. The predicted molar refractivity (Wildman–Crippen MR) is 182 cm³/mol. The van der Waals surface area contributed by atoms with Crippen LogP contribution in [0.3, 0.4) is 0 Å². The molecule has 7 rings (SSSR count). The van der Waals surface area contributed by atoms with Crippen molar-refractivity contribution in [3.8, 4) is 33.6 Å². The zero-order valence-corrected chi connectivity index (χ0v) is 26.6. The summed E-state index contributed by atoms with van der Waals surface area (Å²) in [6.45, 7) is 5.90. The molecule has 0 radical (unpaired) electrons. The molecule has 5 aromatic rings. The number of H-pyrrole nitrogens is 2. The Labute approximate surface area is 270 Å². The first-order chi connectivity index (χ1) is 22.4. The lowest BCUT2D eigenvalue weighted by Gasteiger charge is -2.30. The molecule has 11 heteroatoms. The summed E-state index contributed by atoms with van der Waals surface area (Å²) >= 11 is 0. The number of aromatic nitrogens is 6. The number of carbonyl (C=O) groups is 1. The molecule has 3 atom stereocenters. The van der Waals surface area contributed by atoms with Gasteiger partial charge in [-0.1, -0.05) is 62.4 Å². The lowest BCUT2D eigenvalue weighted by molar-refractivity contribution is -0.134. The molecule has 0 spiro atoms. The summed E-state index contributed by atoms with van der Waals surface area (Å²) in [7, 11) is 2.17. The summed E-state index contributed by atoms with van der Waals surface area (Å²) < 4.78 is 0. The van der Waals surface area contributed by atoms with Crippen LogP contribution in [0, 0.1) is 5.92 Å². The summed E-state index contributed by atoms with van der Waals surface area (Å²) in [6, 6.07) is 18.8. The molecule has 2 fully saturated rings. The molecule has 0 bridgehead atoms. The van der Waals surface area contributed by atoms with Crippen molar-refractivity contribution in [2.75, 3.05) is 18.4 Å². The minimum Gasteiger partial charge on any atom is -0.342 e. The van der Waals surface area contributed by atoms with Crippen LogP contribution in [0.15, 0.2) is 79.4 Å². The van der Waals surface area contributed by atoms with Crippen LogP contribution >= 0.6 is 0 Å². The summed E-state index contributed by atoms with van der Waals surface area (Å²) in [6.07, 6.45) is 11.4. The molecule has 2 aliphatic rings. The smallest absolute Gasteiger partial charge is 0.246 e. The molecule has 0 aliphatic carbocycles. The van der Waals surface area contributed by atoms with Gasteiger partial charge in [0.1, 0.15) is 17.7 Å². The van der Waals surface area contributed by atoms with Gasteiger partial charge < -0.3 is 25.0 Å². The molecule has 3 N–H and O–H groups in total. The van der Waals surface area contributed by atoms with Gasteiger partial charge in [0.25, 0.3) is 0 Å². The van der Waals surface area contributed by atoms with Gasteiger partial charge in [-0.2, -0.15) is 0 Å². The minimum absolute atomic E-state index is 0.0488. The van der Waals surface area contributed by atoms with Gasteiger partial charge in [0.2, 0.25) is 11.9 Å². The molecule has 3 aromatic heterocycles. The first kappa shape index (κ1) is 29.9. The fraction of sp³-hybridized carbons (Fsp3) is 0.343. The van der Waals surface area contributed by atoms with Crippen molar-refractivity contribution in [2.45, 2.75) is 57.7 Å². The third kappa shape index (κ3) is 6.07. The third-order valence-electron chi connectivity index (χ3n) is 9.39. The molecule has 2 aromatic carbocycles. The van der Waals surface area contributed by atoms with Gasteiger partial charge in [0.05, 0.1) is 35.9 Å². The van der Waals surface area contributed by atoms with Crippen LogP contribution in [-0.4, -0.2) is 72.6 Å². The maximum Gasteiger partial charge on any atom is 0.246 e. The Kier molecular flexibility index (Phi) is 8.40. The van der Waals surface area contributed by atoms with Gasteiger partial charge >= 0.3 is 0 Å². The van der Waals surface area contributed by atoms with Crippen molar-refractivity contribution in [1.29, 1.82) is 0 Å². The third-order valence-corrected chi connectivity index (χ3v) is 9.39. The molecule has 5 heterocycles. The number of amides is 1. The normalized spacial score (nSPS) is 19.2. The number of rotatable bonds is 9. The zero-order valence-electron chi connectivity index (χ0n) is 26.6. The number of nitrogens with zero attached hydrogens (tertiary/aromatic N) is 6. The lowest BCUT2D eigenvalue weighted by Crippen LogP contribution is -2.45. The SMILES string of the molecule is BN1CCC[C@H]1c1ncc(-c2ccc(-c3ccc(-c4cnc([C@@H]5CCCN5C(=O)[C@H](Nc5ncccn5)C(C)C)[nH]4)cc3)cc2)[nH]1. The summed E-state index contributed by atoms with van der Waals surface area (Å²) in [5.74, 6) is 2.46. The standard InChI is InChI=1S/C35H40BN9O/c1-22(2)31(43-35-37-16-5-17-38-35)34(46)44-18-3-6-29(44)32-39-20-27(41-32)25-12-8-23(9-13-25)24-10-14-26(15-11-24)28-21-40-33(42-28)30-7-4-19-45(30)36/h5,8-17,20-22,29-31H,3-4,6-7,18-19,36H2,1-2H3,(H,39,41)(H,40,42)(H,37,38,43)/t29-,30-,31+/m0/s1. The molecule has 234 valence electrons. The molecule has 2 aliphatic heterocycles. The molecule has 0 unspecified atom stereocenters. The number of nitrogens with one attached hydrogen (secondary N) is 3. The number of anilines is 1. The Bertz CT molecular complexity index is 1770. The van der Waals surface area contributed by atoms with Gasteiger partial charge in [-0.25, -0.2) is 19.9 Å². The summed E-state index contributed by atoms with van der Waals surface area (Å²) in [5, 5.41) is 3.25. The van der Waals surface area contributed by atoms with E-state index in [4.69, 9.17) is 4.98 Å². The van der Waals surface area contributed by atoms with Gasteiger partial charge in [-0.15, -0.1) is 0 Å². The van der Waals surface area contributed by atoms with Crippen LogP contribution in [0.1, 0.15) is 63.3 Å². The van der Waals surface area contributed by atoms with E-state index < -0.39 is 6.04 Å². The Balaban J connectivity index is 1.02. The van der Waals surface area contributed by atoms with E-state index in [1.807, 2.05) is 31.1 Å².